The molecule has 0 fully saturated rings. The topological polar surface area (TPSA) is 117 Å². The molecule has 0 saturated carbocycles. The minimum absolute atomic E-state index is 0.106. The first-order chi connectivity index (χ1) is 9.58. The maximum atomic E-state index is 11.9. The molecule has 0 aromatic heterocycles. The second-order valence-electron chi connectivity index (χ2n) is 4.28. The van der Waals surface area contributed by atoms with Gasteiger partial charge in [0.25, 0.3) is 11.6 Å². The molecule has 1 heterocycles. The standard InChI is InChI=1S/C12H14N4O4/c17-10-7-8(16(19)20)3-4-9(10)15-12(18)11-13-5-1-2-6-14-11/h3-4,7,17H,1-2,5-6H2,(H,13,14)(H,15,18). The van der Waals surface area contributed by atoms with Crippen LogP contribution in [0.15, 0.2) is 23.2 Å². The summed E-state index contributed by atoms with van der Waals surface area (Å²) in [6.45, 7) is 1.24. The number of amidine groups is 1. The van der Waals surface area contributed by atoms with Crippen molar-refractivity contribution in [3.05, 3.63) is 28.3 Å². The summed E-state index contributed by atoms with van der Waals surface area (Å²) < 4.78 is 0. The predicted molar refractivity (Wildman–Crippen MR) is 72.9 cm³/mol. The van der Waals surface area contributed by atoms with Crippen LogP contribution >= 0.6 is 0 Å². The normalized spacial score (nSPS) is 14.7. The Hall–Kier alpha value is -2.64. The minimum Gasteiger partial charge on any atom is -0.506 e. The van der Waals surface area contributed by atoms with Crippen molar-refractivity contribution >= 4 is 23.1 Å². The highest BCUT2D eigenvalue weighted by atomic mass is 16.6. The van der Waals surface area contributed by atoms with Crippen molar-refractivity contribution in [3.8, 4) is 5.75 Å². The van der Waals surface area contributed by atoms with Crippen LogP contribution in [0.2, 0.25) is 0 Å². The van der Waals surface area contributed by atoms with E-state index in [-0.39, 0.29) is 23.0 Å². The number of hydrogen-bond acceptors (Lipinski definition) is 6. The van der Waals surface area contributed by atoms with Crippen molar-refractivity contribution in [2.24, 2.45) is 4.99 Å². The van der Waals surface area contributed by atoms with E-state index < -0.39 is 10.8 Å². The quantitative estimate of drug-likeness (QED) is 0.433. The fraction of sp³-hybridized carbons (Fsp3) is 0.333. The number of nitro groups is 1. The molecule has 1 aromatic carbocycles. The molecule has 1 aliphatic heterocycles. The number of benzene rings is 1. The molecule has 0 bridgehead atoms. The first-order valence-corrected chi connectivity index (χ1v) is 6.15. The van der Waals surface area contributed by atoms with Crippen molar-refractivity contribution in [2.45, 2.75) is 12.8 Å². The van der Waals surface area contributed by atoms with Crippen LogP contribution in [0.25, 0.3) is 0 Å². The molecule has 0 saturated heterocycles. The molecule has 1 aromatic rings. The number of nitrogens with zero attached hydrogens (tertiary/aromatic N) is 2. The zero-order chi connectivity index (χ0) is 14.5. The molecule has 8 nitrogen and oxygen atoms in total. The van der Waals surface area contributed by atoms with Gasteiger partial charge in [0, 0.05) is 19.2 Å². The van der Waals surface area contributed by atoms with Crippen LogP contribution in [0.4, 0.5) is 11.4 Å². The fourth-order valence-corrected chi connectivity index (χ4v) is 1.76. The van der Waals surface area contributed by atoms with Crippen molar-refractivity contribution in [1.29, 1.82) is 0 Å². The van der Waals surface area contributed by atoms with Gasteiger partial charge < -0.3 is 15.7 Å². The van der Waals surface area contributed by atoms with Gasteiger partial charge in [-0.2, -0.15) is 0 Å². The smallest absolute Gasteiger partial charge is 0.290 e. The van der Waals surface area contributed by atoms with Crippen LogP contribution in [0.3, 0.4) is 0 Å². The van der Waals surface area contributed by atoms with E-state index in [1.54, 1.807) is 0 Å². The van der Waals surface area contributed by atoms with E-state index in [2.05, 4.69) is 15.6 Å². The molecular formula is C12H14N4O4. The van der Waals surface area contributed by atoms with Crippen molar-refractivity contribution in [1.82, 2.24) is 5.32 Å². The van der Waals surface area contributed by atoms with Gasteiger partial charge in [-0.15, -0.1) is 0 Å². The first kappa shape index (κ1) is 13.8. The number of anilines is 1. The molecule has 1 aliphatic rings. The third-order valence-electron chi connectivity index (χ3n) is 2.80. The van der Waals surface area contributed by atoms with E-state index in [9.17, 15) is 20.0 Å². The molecule has 3 N–H and O–H groups in total. The van der Waals surface area contributed by atoms with Gasteiger partial charge in [-0.05, 0) is 18.9 Å². The van der Waals surface area contributed by atoms with Gasteiger partial charge in [-0.25, -0.2) is 0 Å². The van der Waals surface area contributed by atoms with E-state index in [1.165, 1.54) is 12.1 Å². The molecule has 20 heavy (non-hydrogen) atoms. The van der Waals surface area contributed by atoms with Gasteiger partial charge in [0.2, 0.25) is 0 Å². The number of non-ortho nitro benzene ring substituents is 1. The largest absolute Gasteiger partial charge is 0.506 e. The van der Waals surface area contributed by atoms with Crippen LogP contribution < -0.4 is 10.6 Å². The fourth-order valence-electron chi connectivity index (χ4n) is 1.76. The van der Waals surface area contributed by atoms with E-state index in [1.807, 2.05) is 0 Å². The summed E-state index contributed by atoms with van der Waals surface area (Å²) in [7, 11) is 0. The van der Waals surface area contributed by atoms with E-state index in [0.717, 1.165) is 18.9 Å². The average Bonchev–Trinajstić information content (AvgIpc) is 2.69. The zero-order valence-electron chi connectivity index (χ0n) is 10.6. The molecule has 0 unspecified atom stereocenters. The minimum atomic E-state index is -0.623. The Morgan fingerprint density at radius 3 is 2.95 bits per heavy atom. The number of carbonyl (C=O) groups excluding carboxylic acids is 1. The van der Waals surface area contributed by atoms with Gasteiger partial charge in [0.05, 0.1) is 16.7 Å². The van der Waals surface area contributed by atoms with Crippen LogP contribution in [0.5, 0.6) is 5.75 Å². The molecular weight excluding hydrogens is 264 g/mol. The Morgan fingerprint density at radius 2 is 2.25 bits per heavy atom. The van der Waals surface area contributed by atoms with Gasteiger partial charge in [-0.1, -0.05) is 0 Å². The number of phenols is 1. The van der Waals surface area contributed by atoms with E-state index in [4.69, 9.17) is 0 Å². The number of hydrogen-bond donors (Lipinski definition) is 3. The third kappa shape index (κ3) is 3.22. The number of aromatic hydroxyl groups is 1. The Labute approximate surface area is 114 Å². The Morgan fingerprint density at radius 1 is 1.45 bits per heavy atom. The lowest BCUT2D eigenvalue weighted by molar-refractivity contribution is -0.384. The molecule has 0 atom stereocenters. The Bertz CT molecular complexity index is 571. The highest BCUT2D eigenvalue weighted by molar-refractivity contribution is 6.42. The summed E-state index contributed by atoms with van der Waals surface area (Å²) >= 11 is 0. The van der Waals surface area contributed by atoms with Gasteiger partial charge in [0.1, 0.15) is 5.75 Å². The van der Waals surface area contributed by atoms with Crippen molar-refractivity contribution in [3.63, 3.8) is 0 Å². The maximum Gasteiger partial charge on any atom is 0.290 e. The average molecular weight is 278 g/mol. The van der Waals surface area contributed by atoms with E-state index in [0.29, 0.717) is 13.1 Å². The van der Waals surface area contributed by atoms with Gasteiger partial charge in [-0.3, -0.25) is 19.9 Å². The number of carbonyl (C=O) groups is 1. The lowest BCUT2D eigenvalue weighted by Crippen LogP contribution is -2.35. The molecule has 2 rings (SSSR count). The van der Waals surface area contributed by atoms with Crippen LogP contribution in [-0.2, 0) is 4.79 Å². The second-order valence-corrected chi connectivity index (χ2v) is 4.28. The van der Waals surface area contributed by atoms with Gasteiger partial charge >= 0.3 is 0 Å². The molecule has 0 aliphatic carbocycles. The highest BCUT2D eigenvalue weighted by Crippen LogP contribution is 2.27. The first-order valence-electron chi connectivity index (χ1n) is 6.15. The predicted octanol–water partition coefficient (Wildman–Crippen LogP) is 1.02. The summed E-state index contributed by atoms with van der Waals surface area (Å²) in [5, 5.41) is 25.6. The maximum absolute atomic E-state index is 11.9. The summed E-state index contributed by atoms with van der Waals surface area (Å²) in [6.07, 6.45) is 1.84. The summed E-state index contributed by atoms with van der Waals surface area (Å²) in [5.74, 6) is -0.627. The SMILES string of the molecule is O=C(Nc1ccc([N+](=O)[O-])cc1O)C1=NCCCCN1. The van der Waals surface area contributed by atoms with Crippen molar-refractivity contribution < 1.29 is 14.8 Å². The number of aliphatic imine (C=N–C) groups is 1. The van der Waals surface area contributed by atoms with E-state index >= 15 is 0 Å². The van der Waals surface area contributed by atoms with Crippen LogP contribution in [-0.4, -0.2) is 34.9 Å². The summed E-state index contributed by atoms with van der Waals surface area (Å²) in [6, 6.07) is 3.47. The Kier molecular flexibility index (Phi) is 4.14. The number of nitrogens with one attached hydrogen (secondary N) is 2. The number of amides is 1. The molecule has 0 radical (unpaired) electrons. The van der Waals surface area contributed by atoms with Crippen LogP contribution in [0, 0.1) is 10.1 Å². The lowest BCUT2D eigenvalue weighted by Gasteiger charge is -2.09. The van der Waals surface area contributed by atoms with Gasteiger partial charge in [0.15, 0.2) is 5.84 Å². The highest BCUT2D eigenvalue weighted by Gasteiger charge is 2.16. The number of nitro benzene ring substituents is 1. The number of rotatable bonds is 3. The number of phenolic OH excluding ortho intramolecular Hbond substituents is 1. The molecule has 0 spiro atoms. The second kappa shape index (κ2) is 6.00. The molecule has 8 heteroatoms. The lowest BCUT2D eigenvalue weighted by atomic mass is 10.2. The summed E-state index contributed by atoms with van der Waals surface area (Å²) in [5.41, 5.74) is -0.139. The van der Waals surface area contributed by atoms with Crippen LogP contribution in [0.1, 0.15) is 12.8 Å². The Balaban J connectivity index is 2.11. The monoisotopic (exact) mass is 278 g/mol. The summed E-state index contributed by atoms with van der Waals surface area (Å²) in [4.78, 5) is 26.0. The van der Waals surface area contributed by atoms with Crippen molar-refractivity contribution in [2.75, 3.05) is 18.4 Å². The third-order valence-corrected chi connectivity index (χ3v) is 2.80. The molecule has 1 amide bonds. The zero-order valence-corrected chi connectivity index (χ0v) is 10.6. The molecule has 106 valence electrons.